The molecule has 3 rings (SSSR count). The van der Waals surface area contributed by atoms with E-state index in [1.165, 1.54) is 0 Å². The monoisotopic (exact) mass is 284 g/mol. The molecule has 1 heterocycles. The number of nitrogens with zero attached hydrogens (tertiary/aromatic N) is 1. The Labute approximate surface area is 121 Å². The summed E-state index contributed by atoms with van der Waals surface area (Å²) in [5.74, 6) is 0. The predicted octanol–water partition coefficient (Wildman–Crippen LogP) is 3.77. The minimum Gasteiger partial charge on any atom is -0.398 e. The maximum absolute atomic E-state index is 10.1. The van der Waals surface area contributed by atoms with Crippen LogP contribution in [-0.4, -0.2) is 10.1 Å². The molecule has 0 atom stereocenters. The highest BCUT2D eigenvalue weighted by Gasteiger charge is 2.20. The van der Waals surface area contributed by atoms with Gasteiger partial charge >= 0.3 is 0 Å². The lowest BCUT2D eigenvalue weighted by atomic mass is 9.96. The predicted molar refractivity (Wildman–Crippen MR) is 84.7 cm³/mol. The van der Waals surface area contributed by atoms with Gasteiger partial charge in [-0.25, -0.2) is 4.98 Å². The molecule has 20 heavy (non-hydrogen) atoms. The van der Waals surface area contributed by atoms with Crippen molar-refractivity contribution in [2.45, 2.75) is 19.4 Å². The van der Waals surface area contributed by atoms with Crippen molar-refractivity contribution in [1.29, 1.82) is 0 Å². The van der Waals surface area contributed by atoms with Crippen molar-refractivity contribution < 1.29 is 5.11 Å². The van der Waals surface area contributed by atoms with Crippen molar-refractivity contribution in [3.8, 4) is 10.6 Å². The number of aromatic nitrogens is 1. The number of thiazole rings is 1. The number of rotatable bonds is 2. The fourth-order valence-electron chi connectivity index (χ4n) is 2.22. The molecular weight excluding hydrogens is 268 g/mol. The maximum Gasteiger partial charge on any atom is 0.124 e. The van der Waals surface area contributed by atoms with Gasteiger partial charge in [0.05, 0.1) is 15.8 Å². The minimum atomic E-state index is -0.963. The van der Waals surface area contributed by atoms with Gasteiger partial charge in [-0.05, 0) is 26.0 Å². The first-order chi connectivity index (χ1) is 9.45. The van der Waals surface area contributed by atoms with E-state index in [4.69, 9.17) is 5.73 Å². The number of fused-ring (bicyclic) bond motifs is 1. The number of anilines is 1. The molecule has 1 aromatic heterocycles. The summed E-state index contributed by atoms with van der Waals surface area (Å²) in [6.07, 6.45) is 0. The van der Waals surface area contributed by atoms with Crippen LogP contribution in [0.25, 0.3) is 20.8 Å². The molecule has 3 N–H and O–H groups in total. The molecule has 0 fully saturated rings. The molecule has 102 valence electrons. The molecule has 0 amide bonds. The van der Waals surface area contributed by atoms with Crippen molar-refractivity contribution in [1.82, 2.24) is 4.98 Å². The highest BCUT2D eigenvalue weighted by molar-refractivity contribution is 7.21. The average Bonchev–Trinajstić information content (AvgIpc) is 2.80. The molecule has 2 aromatic carbocycles. The van der Waals surface area contributed by atoms with E-state index in [2.05, 4.69) is 4.98 Å². The number of nitrogen functional groups attached to an aromatic ring is 1. The zero-order valence-electron chi connectivity index (χ0n) is 11.4. The SMILES string of the molecule is CC(C)(O)c1cc2nc(-c3ccccc3)sc2cc1N. The third-order valence-corrected chi connectivity index (χ3v) is 4.31. The van der Waals surface area contributed by atoms with Crippen LogP contribution in [-0.2, 0) is 5.60 Å². The van der Waals surface area contributed by atoms with E-state index in [0.717, 1.165) is 26.4 Å². The molecule has 0 radical (unpaired) electrons. The first-order valence-corrected chi connectivity index (χ1v) is 7.25. The van der Waals surface area contributed by atoms with Crippen molar-refractivity contribution in [2.75, 3.05) is 5.73 Å². The van der Waals surface area contributed by atoms with Crippen LogP contribution in [0.3, 0.4) is 0 Å². The number of hydrogen-bond donors (Lipinski definition) is 2. The summed E-state index contributed by atoms with van der Waals surface area (Å²) < 4.78 is 1.04. The first kappa shape index (κ1) is 13.1. The van der Waals surface area contributed by atoms with Crippen LogP contribution < -0.4 is 5.73 Å². The fraction of sp³-hybridized carbons (Fsp3) is 0.188. The maximum atomic E-state index is 10.1. The zero-order chi connectivity index (χ0) is 14.3. The van der Waals surface area contributed by atoms with E-state index < -0.39 is 5.60 Å². The van der Waals surface area contributed by atoms with Crippen molar-refractivity contribution in [2.24, 2.45) is 0 Å². The molecule has 3 nitrogen and oxygen atoms in total. The lowest BCUT2D eigenvalue weighted by Crippen LogP contribution is -2.17. The Bertz CT molecular complexity index is 757. The summed E-state index contributed by atoms with van der Waals surface area (Å²) >= 11 is 1.61. The normalized spacial score (nSPS) is 11.9. The van der Waals surface area contributed by atoms with E-state index in [1.807, 2.05) is 42.5 Å². The molecule has 4 heteroatoms. The van der Waals surface area contributed by atoms with E-state index in [-0.39, 0.29) is 0 Å². The number of aliphatic hydroxyl groups is 1. The Morgan fingerprint density at radius 2 is 1.85 bits per heavy atom. The van der Waals surface area contributed by atoms with Crippen molar-refractivity contribution >= 4 is 27.2 Å². The Hall–Kier alpha value is -1.91. The summed E-state index contributed by atoms with van der Waals surface area (Å²) in [5.41, 5.74) is 8.37. The lowest BCUT2D eigenvalue weighted by Gasteiger charge is -2.19. The first-order valence-electron chi connectivity index (χ1n) is 6.43. The van der Waals surface area contributed by atoms with Gasteiger partial charge in [0.1, 0.15) is 5.01 Å². The molecular formula is C16H16N2OS. The number of nitrogens with two attached hydrogens (primary N) is 1. The Morgan fingerprint density at radius 3 is 2.50 bits per heavy atom. The van der Waals surface area contributed by atoms with Crippen molar-refractivity contribution in [3.63, 3.8) is 0 Å². The highest BCUT2D eigenvalue weighted by Crippen LogP contribution is 2.35. The van der Waals surface area contributed by atoms with Crippen LogP contribution >= 0.6 is 11.3 Å². The van der Waals surface area contributed by atoms with Crippen LogP contribution in [0.4, 0.5) is 5.69 Å². The number of hydrogen-bond acceptors (Lipinski definition) is 4. The van der Waals surface area contributed by atoms with Gasteiger partial charge in [-0.2, -0.15) is 0 Å². The van der Waals surface area contributed by atoms with Gasteiger partial charge in [0.2, 0.25) is 0 Å². The third-order valence-electron chi connectivity index (χ3n) is 3.24. The van der Waals surface area contributed by atoms with E-state index in [9.17, 15) is 5.11 Å². The van der Waals surface area contributed by atoms with Gasteiger partial charge in [-0.15, -0.1) is 11.3 Å². The minimum absolute atomic E-state index is 0.605. The largest absolute Gasteiger partial charge is 0.398 e. The van der Waals surface area contributed by atoms with Crippen LogP contribution in [0.5, 0.6) is 0 Å². The second-order valence-electron chi connectivity index (χ2n) is 5.35. The molecule has 0 spiro atoms. The van der Waals surface area contributed by atoms with Gasteiger partial charge in [0.15, 0.2) is 0 Å². The Morgan fingerprint density at radius 1 is 1.15 bits per heavy atom. The smallest absolute Gasteiger partial charge is 0.124 e. The summed E-state index contributed by atoms with van der Waals surface area (Å²) in [4.78, 5) is 4.65. The summed E-state index contributed by atoms with van der Waals surface area (Å²) in [6.45, 7) is 3.46. The average molecular weight is 284 g/mol. The summed E-state index contributed by atoms with van der Waals surface area (Å²) in [5, 5.41) is 11.1. The summed E-state index contributed by atoms with van der Waals surface area (Å²) in [7, 11) is 0. The molecule has 0 aliphatic rings. The summed E-state index contributed by atoms with van der Waals surface area (Å²) in [6, 6.07) is 13.8. The van der Waals surface area contributed by atoms with Gasteiger partial charge in [-0.3, -0.25) is 0 Å². The van der Waals surface area contributed by atoms with Crippen LogP contribution in [0.15, 0.2) is 42.5 Å². The molecule has 0 aliphatic heterocycles. The standard InChI is InChI=1S/C16H16N2OS/c1-16(2,19)11-8-13-14(9-12(11)17)20-15(18-13)10-6-4-3-5-7-10/h3-9,19H,17H2,1-2H3. The van der Waals surface area contributed by atoms with E-state index in [0.29, 0.717) is 5.69 Å². The van der Waals surface area contributed by atoms with Crippen LogP contribution in [0, 0.1) is 0 Å². The van der Waals surface area contributed by atoms with Gasteiger partial charge in [0, 0.05) is 16.8 Å². The molecule has 3 aromatic rings. The van der Waals surface area contributed by atoms with E-state index >= 15 is 0 Å². The Balaban J connectivity index is 2.17. The number of benzene rings is 2. The molecule has 0 unspecified atom stereocenters. The zero-order valence-corrected chi connectivity index (χ0v) is 12.2. The molecule has 0 aliphatic carbocycles. The van der Waals surface area contributed by atoms with Gasteiger partial charge in [0.25, 0.3) is 0 Å². The van der Waals surface area contributed by atoms with Crippen molar-refractivity contribution in [3.05, 3.63) is 48.0 Å². The van der Waals surface area contributed by atoms with E-state index in [1.54, 1.807) is 25.2 Å². The van der Waals surface area contributed by atoms with Gasteiger partial charge in [-0.1, -0.05) is 30.3 Å². The highest BCUT2D eigenvalue weighted by atomic mass is 32.1. The second kappa shape index (κ2) is 4.58. The molecule has 0 bridgehead atoms. The lowest BCUT2D eigenvalue weighted by molar-refractivity contribution is 0.0795. The van der Waals surface area contributed by atoms with Crippen LogP contribution in [0.2, 0.25) is 0 Å². The van der Waals surface area contributed by atoms with Gasteiger partial charge < -0.3 is 10.8 Å². The fourth-order valence-corrected chi connectivity index (χ4v) is 3.22. The van der Waals surface area contributed by atoms with Crippen LogP contribution in [0.1, 0.15) is 19.4 Å². The quantitative estimate of drug-likeness (QED) is 0.704. The topological polar surface area (TPSA) is 59.1 Å². The third kappa shape index (κ3) is 2.28. The molecule has 0 saturated carbocycles. The second-order valence-corrected chi connectivity index (χ2v) is 6.38. The molecule has 0 saturated heterocycles. The Kier molecular flexibility index (Phi) is 3.00.